The highest BCUT2D eigenvalue weighted by atomic mass is 16.5. The minimum atomic E-state index is -0.0144. The molecule has 0 bridgehead atoms. The highest BCUT2D eigenvalue weighted by Gasteiger charge is 2.27. The van der Waals surface area contributed by atoms with Crippen LogP contribution in [-0.4, -0.2) is 49.3 Å². The van der Waals surface area contributed by atoms with Crippen molar-refractivity contribution in [2.45, 2.75) is 45.8 Å². The third-order valence-corrected chi connectivity index (χ3v) is 3.06. The molecule has 0 aromatic rings. The highest BCUT2D eigenvalue weighted by Crippen LogP contribution is 2.16. The topological polar surface area (TPSA) is 24.5 Å². The predicted octanol–water partition coefficient (Wildman–Crippen LogP) is 1.49. The SMILES string of the molecule is CCOC(C)(C)CN1CCNCC1CC. The molecule has 0 saturated carbocycles. The Morgan fingerprint density at radius 3 is 2.73 bits per heavy atom. The Hall–Kier alpha value is -0.120. The zero-order valence-electron chi connectivity index (χ0n) is 10.7. The summed E-state index contributed by atoms with van der Waals surface area (Å²) >= 11 is 0. The number of hydrogen-bond acceptors (Lipinski definition) is 3. The van der Waals surface area contributed by atoms with Gasteiger partial charge in [-0.1, -0.05) is 6.92 Å². The molecule has 1 unspecified atom stereocenters. The number of rotatable bonds is 5. The van der Waals surface area contributed by atoms with Gasteiger partial charge in [0.2, 0.25) is 0 Å². The lowest BCUT2D eigenvalue weighted by Gasteiger charge is -2.40. The smallest absolute Gasteiger partial charge is 0.0752 e. The first-order valence-electron chi connectivity index (χ1n) is 6.17. The number of nitrogens with one attached hydrogen (secondary N) is 1. The summed E-state index contributed by atoms with van der Waals surface area (Å²) in [6.07, 6.45) is 1.22. The zero-order valence-corrected chi connectivity index (χ0v) is 10.7. The van der Waals surface area contributed by atoms with Crippen LogP contribution in [0.2, 0.25) is 0 Å². The van der Waals surface area contributed by atoms with Crippen molar-refractivity contribution < 1.29 is 4.74 Å². The van der Waals surface area contributed by atoms with E-state index in [0.717, 1.165) is 32.8 Å². The van der Waals surface area contributed by atoms with Crippen LogP contribution in [0.25, 0.3) is 0 Å². The fourth-order valence-electron chi connectivity index (χ4n) is 2.34. The van der Waals surface area contributed by atoms with Gasteiger partial charge in [0.05, 0.1) is 5.60 Å². The van der Waals surface area contributed by atoms with E-state index in [2.05, 4.69) is 37.9 Å². The second-order valence-corrected chi connectivity index (χ2v) is 4.93. The van der Waals surface area contributed by atoms with Crippen molar-refractivity contribution in [3.63, 3.8) is 0 Å². The number of hydrogen-bond donors (Lipinski definition) is 1. The minimum Gasteiger partial charge on any atom is -0.375 e. The summed E-state index contributed by atoms with van der Waals surface area (Å²) in [6, 6.07) is 0.679. The summed E-state index contributed by atoms with van der Waals surface area (Å²) in [5, 5.41) is 3.45. The molecule has 0 aliphatic carbocycles. The summed E-state index contributed by atoms with van der Waals surface area (Å²) in [5.41, 5.74) is -0.0144. The molecule has 1 fully saturated rings. The van der Waals surface area contributed by atoms with Gasteiger partial charge in [0, 0.05) is 38.8 Å². The first-order chi connectivity index (χ1) is 7.09. The van der Waals surface area contributed by atoms with E-state index in [0.29, 0.717) is 6.04 Å². The average Bonchev–Trinajstić information content (AvgIpc) is 2.17. The Morgan fingerprint density at radius 2 is 2.13 bits per heavy atom. The number of ether oxygens (including phenoxy) is 1. The van der Waals surface area contributed by atoms with Crippen molar-refractivity contribution in [3.8, 4) is 0 Å². The van der Waals surface area contributed by atoms with E-state index in [-0.39, 0.29) is 5.60 Å². The summed E-state index contributed by atoms with van der Waals surface area (Å²) in [4.78, 5) is 2.56. The second-order valence-electron chi connectivity index (χ2n) is 4.93. The molecule has 0 spiro atoms. The summed E-state index contributed by atoms with van der Waals surface area (Å²) < 4.78 is 5.76. The van der Waals surface area contributed by atoms with Gasteiger partial charge in [0.1, 0.15) is 0 Å². The van der Waals surface area contributed by atoms with Crippen molar-refractivity contribution in [1.29, 1.82) is 0 Å². The van der Waals surface area contributed by atoms with Crippen LogP contribution in [0.4, 0.5) is 0 Å². The zero-order chi connectivity index (χ0) is 11.3. The Kier molecular flexibility index (Phi) is 5.03. The van der Waals surface area contributed by atoms with E-state index in [1.54, 1.807) is 0 Å². The fraction of sp³-hybridized carbons (Fsp3) is 1.00. The summed E-state index contributed by atoms with van der Waals surface area (Å²) in [6.45, 7) is 13.9. The molecule has 0 radical (unpaired) electrons. The molecule has 3 heteroatoms. The van der Waals surface area contributed by atoms with E-state index in [9.17, 15) is 0 Å². The molecular formula is C12H26N2O. The molecule has 1 heterocycles. The molecule has 0 amide bonds. The van der Waals surface area contributed by atoms with Crippen LogP contribution in [0.5, 0.6) is 0 Å². The molecule has 1 aliphatic rings. The molecule has 15 heavy (non-hydrogen) atoms. The Morgan fingerprint density at radius 1 is 1.40 bits per heavy atom. The molecule has 1 aliphatic heterocycles. The van der Waals surface area contributed by atoms with E-state index < -0.39 is 0 Å². The first kappa shape index (κ1) is 12.9. The van der Waals surface area contributed by atoms with Crippen LogP contribution in [0.15, 0.2) is 0 Å². The molecule has 3 nitrogen and oxygen atoms in total. The third-order valence-electron chi connectivity index (χ3n) is 3.06. The molecule has 90 valence electrons. The van der Waals surface area contributed by atoms with Crippen molar-refractivity contribution in [1.82, 2.24) is 10.2 Å². The van der Waals surface area contributed by atoms with Gasteiger partial charge in [-0.2, -0.15) is 0 Å². The third kappa shape index (κ3) is 4.09. The van der Waals surface area contributed by atoms with Crippen molar-refractivity contribution in [2.75, 3.05) is 32.8 Å². The van der Waals surface area contributed by atoms with Crippen molar-refractivity contribution >= 4 is 0 Å². The Bertz CT molecular complexity index is 182. The van der Waals surface area contributed by atoms with Gasteiger partial charge in [0.25, 0.3) is 0 Å². The predicted molar refractivity (Wildman–Crippen MR) is 64.2 cm³/mol. The first-order valence-corrected chi connectivity index (χ1v) is 6.17. The second kappa shape index (κ2) is 5.83. The van der Waals surface area contributed by atoms with Crippen LogP contribution < -0.4 is 5.32 Å². The van der Waals surface area contributed by atoms with Crippen LogP contribution in [0.3, 0.4) is 0 Å². The van der Waals surface area contributed by atoms with Gasteiger partial charge >= 0.3 is 0 Å². The Balaban J connectivity index is 2.46. The van der Waals surface area contributed by atoms with E-state index in [1.165, 1.54) is 6.42 Å². The maximum atomic E-state index is 5.76. The lowest BCUT2D eigenvalue weighted by atomic mass is 10.0. The largest absolute Gasteiger partial charge is 0.375 e. The van der Waals surface area contributed by atoms with Crippen molar-refractivity contribution in [3.05, 3.63) is 0 Å². The lowest BCUT2D eigenvalue weighted by Crippen LogP contribution is -2.55. The minimum absolute atomic E-state index is 0.0144. The van der Waals surface area contributed by atoms with E-state index in [1.807, 2.05) is 0 Å². The molecule has 1 atom stereocenters. The van der Waals surface area contributed by atoms with Gasteiger partial charge < -0.3 is 10.1 Å². The van der Waals surface area contributed by atoms with E-state index in [4.69, 9.17) is 4.74 Å². The van der Waals surface area contributed by atoms with Crippen LogP contribution in [-0.2, 0) is 4.74 Å². The van der Waals surface area contributed by atoms with Gasteiger partial charge in [-0.25, -0.2) is 0 Å². The average molecular weight is 214 g/mol. The van der Waals surface area contributed by atoms with Gasteiger partial charge in [-0.3, -0.25) is 4.90 Å². The quantitative estimate of drug-likeness (QED) is 0.750. The molecule has 0 aromatic heterocycles. The van der Waals surface area contributed by atoms with Crippen LogP contribution >= 0.6 is 0 Å². The monoisotopic (exact) mass is 214 g/mol. The lowest BCUT2D eigenvalue weighted by molar-refractivity contribution is -0.0455. The number of nitrogens with zero attached hydrogens (tertiary/aromatic N) is 1. The standard InChI is InChI=1S/C12H26N2O/c1-5-11-9-13-7-8-14(11)10-12(3,4)15-6-2/h11,13H,5-10H2,1-4H3. The normalized spacial score (nSPS) is 24.4. The van der Waals surface area contributed by atoms with Crippen molar-refractivity contribution in [2.24, 2.45) is 0 Å². The molecular weight excluding hydrogens is 188 g/mol. The van der Waals surface area contributed by atoms with Gasteiger partial charge in [0.15, 0.2) is 0 Å². The summed E-state index contributed by atoms with van der Waals surface area (Å²) in [5.74, 6) is 0. The molecule has 1 saturated heterocycles. The molecule has 0 aromatic carbocycles. The van der Waals surface area contributed by atoms with Crippen LogP contribution in [0.1, 0.15) is 34.1 Å². The molecule has 1 N–H and O–H groups in total. The van der Waals surface area contributed by atoms with Gasteiger partial charge in [-0.05, 0) is 27.2 Å². The number of piperazine rings is 1. The van der Waals surface area contributed by atoms with Gasteiger partial charge in [-0.15, -0.1) is 0 Å². The fourth-order valence-corrected chi connectivity index (χ4v) is 2.34. The summed E-state index contributed by atoms with van der Waals surface area (Å²) in [7, 11) is 0. The highest BCUT2D eigenvalue weighted by molar-refractivity contribution is 4.84. The van der Waals surface area contributed by atoms with Crippen LogP contribution in [0, 0.1) is 0 Å². The Labute approximate surface area is 94.2 Å². The molecule has 1 rings (SSSR count). The van der Waals surface area contributed by atoms with E-state index >= 15 is 0 Å². The maximum Gasteiger partial charge on any atom is 0.0752 e. The maximum absolute atomic E-state index is 5.76.